The molecule has 21 heavy (non-hydrogen) atoms. The Balaban J connectivity index is 2.24. The molecule has 0 saturated carbocycles. The van der Waals surface area contributed by atoms with Crippen LogP contribution in [0.3, 0.4) is 0 Å². The Bertz CT molecular complexity index is 636. The van der Waals surface area contributed by atoms with Crippen LogP contribution in [0.25, 0.3) is 0 Å². The predicted molar refractivity (Wildman–Crippen MR) is 87.6 cm³/mol. The minimum atomic E-state index is -0.328. The summed E-state index contributed by atoms with van der Waals surface area (Å²) in [6, 6.07) is 10.4. The maximum absolute atomic E-state index is 13.2. The monoisotopic (exact) mass is 371 g/mol. The maximum atomic E-state index is 13.2. The summed E-state index contributed by atoms with van der Waals surface area (Å²) in [7, 11) is 3.50. The highest BCUT2D eigenvalue weighted by Gasteiger charge is 2.15. The molecule has 0 bridgehead atoms. The van der Waals surface area contributed by atoms with E-state index in [4.69, 9.17) is 16.3 Å². The normalized spacial score (nSPS) is 12.2. The third-order valence-corrected chi connectivity index (χ3v) is 4.29. The average molecular weight is 373 g/mol. The lowest BCUT2D eigenvalue weighted by atomic mass is 9.99. The lowest BCUT2D eigenvalue weighted by molar-refractivity contribution is 0.412. The van der Waals surface area contributed by atoms with E-state index in [1.807, 2.05) is 25.2 Å². The Morgan fingerprint density at radius 3 is 2.62 bits per heavy atom. The highest BCUT2D eigenvalue weighted by molar-refractivity contribution is 9.10. The van der Waals surface area contributed by atoms with Crippen molar-refractivity contribution in [1.29, 1.82) is 0 Å². The summed E-state index contributed by atoms with van der Waals surface area (Å²) in [5.74, 6) is 0.463. The van der Waals surface area contributed by atoms with Gasteiger partial charge in [0.2, 0.25) is 0 Å². The SMILES string of the molecule is CNC(Cc1ccc(OC)c(Br)c1)c1ccc(F)cc1Cl. The van der Waals surface area contributed by atoms with E-state index in [0.29, 0.717) is 5.02 Å². The summed E-state index contributed by atoms with van der Waals surface area (Å²) in [6.07, 6.45) is 0.741. The summed E-state index contributed by atoms with van der Waals surface area (Å²) in [5, 5.41) is 3.65. The van der Waals surface area contributed by atoms with Crippen molar-refractivity contribution in [3.63, 3.8) is 0 Å². The van der Waals surface area contributed by atoms with Crippen LogP contribution in [0.15, 0.2) is 40.9 Å². The quantitative estimate of drug-likeness (QED) is 0.817. The van der Waals surface area contributed by atoms with Crippen molar-refractivity contribution in [3.05, 3.63) is 62.8 Å². The van der Waals surface area contributed by atoms with Gasteiger partial charge in [-0.05, 0) is 64.8 Å². The molecule has 2 rings (SSSR count). The highest BCUT2D eigenvalue weighted by atomic mass is 79.9. The van der Waals surface area contributed by atoms with Crippen LogP contribution in [0.1, 0.15) is 17.2 Å². The van der Waals surface area contributed by atoms with E-state index in [-0.39, 0.29) is 11.9 Å². The number of nitrogens with one attached hydrogen (secondary N) is 1. The second kappa shape index (κ2) is 7.25. The first kappa shape index (κ1) is 16.3. The summed E-state index contributed by atoms with van der Waals surface area (Å²) >= 11 is 9.62. The number of halogens is 3. The van der Waals surface area contributed by atoms with E-state index >= 15 is 0 Å². The largest absolute Gasteiger partial charge is 0.496 e. The molecule has 0 spiro atoms. The highest BCUT2D eigenvalue weighted by Crippen LogP contribution is 2.30. The second-order valence-electron chi connectivity index (χ2n) is 4.68. The zero-order chi connectivity index (χ0) is 15.4. The minimum Gasteiger partial charge on any atom is -0.496 e. The van der Waals surface area contributed by atoms with Crippen LogP contribution >= 0.6 is 27.5 Å². The van der Waals surface area contributed by atoms with Gasteiger partial charge in [-0.2, -0.15) is 0 Å². The zero-order valence-corrected chi connectivity index (χ0v) is 14.1. The van der Waals surface area contributed by atoms with E-state index in [1.54, 1.807) is 13.2 Å². The molecule has 2 nitrogen and oxygen atoms in total. The van der Waals surface area contributed by atoms with Gasteiger partial charge in [-0.25, -0.2) is 4.39 Å². The molecule has 5 heteroatoms. The molecule has 0 aliphatic heterocycles. The van der Waals surface area contributed by atoms with Crippen LogP contribution < -0.4 is 10.1 Å². The van der Waals surface area contributed by atoms with Crippen LogP contribution in [0.2, 0.25) is 5.02 Å². The molecule has 0 aliphatic rings. The van der Waals surface area contributed by atoms with Gasteiger partial charge < -0.3 is 10.1 Å². The molecule has 112 valence electrons. The lowest BCUT2D eigenvalue weighted by Crippen LogP contribution is -2.19. The zero-order valence-electron chi connectivity index (χ0n) is 11.8. The molecule has 0 radical (unpaired) electrons. The Kier molecular flexibility index (Phi) is 5.62. The summed E-state index contributed by atoms with van der Waals surface area (Å²) in [5.41, 5.74) is 2.01. The molecule has 1 atom stereocenters. The molecular formula is C16H16BrClFNO. The van der Waals surface area contributed by atoms with Crippen molar-refractivity contribution < 1.29 is 9.13 Å². The van der Waals surface area contributed by atoms with E-state index in [2.05, 4.69) is 21.2 Å². The molecule has 2 aromatic rings. The fourth-order valence-electron chi connectivity index (χ4n) is 2.22. The molecular weight excluding hydrogens is 357 g/mol. The van der Waals surface area contributed by atoms with Crippen LogP contribution in [0.4, 0.5) is 4.39 Å². The Morgan fingerprint density at radius 2 is 2.05 bits per heavy atom. The van der Waals surface area contributed by atoms with E-state index in [1.165, 1.54) is 12.1 Å². The Morgan fingerprint density at radius 1 is 1.29 bits per heavy atom. The molecule has 0 aromatic heterocycles. The fourth-order valence-corrected chi connectivity index (χ4v) is 3.11. The van der Waals surface area contributed by atoms with E-state index < -0.39 is 0 Å². The van der Waals surface area contributed by atoms with E-state index in [9.17, 15) is 4.39 Å². The van der Waals surface area contributed by atoms with Crippen molar-refractivity contribution in [3.8, 4) is 5.75 Å². The minimum absolute atomic E-state index is 0.0124. The van der Waals surface area contributed by atoms with E-state index in [0.717, 1.165) is 27.8 Å². The Labute approximate surface area is 137 Å². The molecule has 0 heterocycles. The van der Waals surface area contributed by atoms with Gasteiger partial charge in [0.25, 0.3) is 0 Å². The number of benzene rings is 2. The molecule has 1 unspecified atom stereocenters. The molecule has 2 aromatic carbocycles. The third kappa shape index (κ3) is 3.96. The third-order valence-electron chi connectivity index (χ3n) is 3.34. The fraction of sp³-hybridized carbons (Fsp3) is 0.250. The molecule has 0 fully saturated rings. The van der Waals surface area contributed by atoms with Gasteiger partial charge in [0.1, 0.15) is 11.6 Å². The summed E-state index contributed by atoms with van der Waals surface area (Å²) in [6.45, 7) is 0. The molecule has 0 aliphatic carbocycles. The standard InChI is InChI=1S/C16H16BrClFNO/c1-20-15(12-5-4-11(19)9-14(12)18)8-10-3-6-16(21-2)13(17)7-10/h3-7,9,15,20H,8H2,1-2H3. The predicted octanol–water partition coefficient (Wildman–Crippen LogP) is 4.75. The number of methoxy groups -OCH3 is 1. The average Bonchev–Trinajstić information content (AvgIpc) is 2.45. The Hall–Kier alpha value is -1.10. The number of hydrogen-bond donors (Lipinski definition) is 1. The van der Waals surface area contributed by atoms with Gasteiger partial charge in [-0.3, -0.25) is 0 Å². The number of likely N-dealkylation sites (N-methyl/N-ethyl adjacent to an activating group) is 1. The van der Waals surface area contributed by atoms with Crippen molar-refractivity contribution in [2.45, 2.75) is 12.5 Å². The number of hydrogen-bond acceptors (Lipinski definition) is 2. The van der Waals surface area contributed by atoms with Gasteiger partial charge in [-0.1, -0.05) is 23.7 Å². The number of ether oxygens (including phenoxy) is 1. The van der Waals surface area contributed by atoms with Gasteiger partial charge >= 0.3 is 0 Å². The first-order valence-electron chi connectivity index (χ1n) is 6.49. The van der Waals surface area contributed by atoms with Crippen LogP contribution in [-0.2, 0) is 6.42 Å². The number of rotatable bonds is 5. The van der Waals surface area contributed by atoms with Gasteiger partial charge in [0.15, 0.2) is 0 Å². The van der Waals surface area contributed by atoms with Crippen molar-refractivity contribution >= 4 is 27.5 Å². The van der Waals surface area contributed by atoms with Crippen molar-refractivity contribution in [2.24, 2.45) is 0 Å². The topological polar surface area (TPSA) is 21.3 Å². The van der Waals surface area contributed by atoms with Crippen LogP contribution in [-0.4, -0.2) is 14.2 Å². The first-order valence-corrected chi connectivity index (χ1v) is 7.67. The van der Waals surface area contributed by atoms with Gasteiger partial charge in [0.05, 0.1) is 11.6 Å². The molecule has 0 saturated heterocycles. The maximum Gasteiger partial charge on any atom is 0.133 e. The smallest absolute Gasteiger partial charge is 0.133 e. The summed E-state index contributed by atoms with van der Waals surface area (Å²) in [4.78, 5) is 0. The van der Waals surface area contributed by atoms with Crippen LogP contribution in [0.5, 0.6) is 5.75 Å². The van der Waals surface area contributed by atoms with Gasteiger partial charge in [-0.15, -0.1) is 0 Å². The summed E-state index contributed by atoms with van der Waals surface area (Å²) < 4.78 is 19.3. The first-order chi connectivity index (χ1) is 10.0. The second-order valence-corrected chi connectivity index (χ2v) is 5.94. The van der Waals surface area contributed by atoms with Crippen LogP contribution in [0, 0.1) is 5.82 Å². The molecule has 0 amide bonds. The lowest BCUT2D eigenvalue weighted by Gasteiger charge is -2.18. The van der Waals surface area contributed by atoms with Gasteiger partial charge in [0, 0.05) is 11.1 Å². The molecule has 1 N–H and O–H groups in total. The van der Waals surface area contributed by atoms with Crippen molar-refractivity contribution in [2.75, 3.05) is 14.2 Å². The van der Waals surface area contributed by atoms with Crippen molar-refractivity contribution in [1.82, 2.24) is 5.32 Å².